The van der Waals surface area contributed by atoms with E-state index in [4.69, 9.17) is 9.88 Å². The van der Waals surface area contributed by atoms with Gasteiger partial charge in [-0.2, -0.15) is 5.10 Å². The number of nitrogens with one attached hydrogen (secondary N) is 1. The summed E-state index contributed by atoms with van der Waals surface area (Å²) in [4.78, 5) is 11.2. The molecule has 8 nitrogen and oxygen atoms in total. The van der Waals surface area contributed by atoms with Crippen LogP contribution in [0.2, 0.25) is 0 Å². The molecule has 0 saturated heterocycles. The molecular weight excluding hydrogens is 250 g/mol. The Morgan fingerprint density at radius 2 is 2.12 bits per heavy atom. The zero-order chi connectivity index (χ0) is 13.1. The maximum absolute atomic E-state index is 11.5. The Labute approximate surface area is 98.1 Å². The number of hydrogen-bond acceptors (Lipinski definition) is 6. The number of H-pyrrole nitrogens is 1. The van der Waals surface area contributed by atoms with E-state index in [0.717, 1.165) is 0 Å². The van der Waals surface area contributed by atoms with Gasteiger partial charge in [-0.25, -0.2) is 18.4 Å². The van der Waals surface area contributed by atoms with Crippen LogP contribution in [0.3, 0.4) is 0 Å². The Bertz CT molecular complexity index is 507. The monoisotopic (exact) mass is 263 g/mol. The molecule has 0 aliphatic rings. The fraction of sp³-hybridized carbons (Fsp3) is 0.500. The third kappa shape index (κ3) is 3.25. The van der Waals surface area contributed by atoms with Crippen molar-refractivity contribution in [2.24, 2.45) is 5.14 Å². The van der Waals surface area contributed by atoms with Gasteiger partial charge in [-0.05, 0) is 6.92 Å². The van der Waals surface area contributed by atoms with Gasteiger partial charge in [0.2, 0.25) is 10.0 Å². The molecule has 17 heavy (non-hydrogen) atoms. The molecule has 0 unspecified atom stereocenters. The fourth-order valence-corrected chi connectivity index (χ4v) is 2.06. The quantitative estimate of drug-likeness (QED) is 0.527. The average molecular weight is 263 g/mol. The van der Waals surface area contributed by atoms with Crippen LogP contribution >= 0.6 is 0 Å². The van der Waals surface area contributed by atoms with Crippen molar-refractivity contribution in [1.29, 1.82) is 0 Å². The summed E-state index contributed by atoms with van der Waals surface area (Å²) in [6, 6.07) is 0. The van der Waals surface area contributed by atoms with Gasteiger partial charge < -0.3 is 9.47 Å². The smallest absolute Gasteiger partial charge is 0.360 e. The van der Waals surface area contributed by atoms with E-state index in [-0.39, 0.29) is 29.5 Å². The molecule has 1 heterocycles. The summed E-state index contributed by atoms with van der Waals surface area (Å²) in [5, 5.41) is 10.9. The summed E-state index contributed by atoms with van der Waals surface area (Å²) in [6.07, 6.45) is 0. The first kappa shape index (κ1) is 13.6. The SMILES string of the molecule is COCCOC(=O)c1n[nH]c(C)c1S(N)(=O)=O. The Kier molecular flexibility index (Phi) is 4.21. The normalized spacial score (nSPS) is 11.5. The Balaban J connectivity index is 2.96. The van der Waals surface area contributed by atoms with Crippen LogP contribution in [0.5, 0.6) is 0 Å². The maximum Gasteiger partial charge on any atom is 0.360 e. The zero-order valence-corrected chi connectivity index (χ0v) is 10.2. The summed E-state index contributed by atoms with van der Waals surface area (Å²) >= 11 is 0. The number of carbonyl (C=O) groups is 1. The second-order valence-corrected chi connectivity index (χ2v) is 4.70. The van der Waals surface area contributed by atoms with Crippen LogP contribution in [-0.4, -0.2) is 44.9 Å². The number of nitrogens with zero attached hydrogens (tertiary/aromatic N) is 1. The summed E-state index contributed by atoms with van der Waals surface area (Å²) in [6.45, 7) is 1.66. The molecule has 0 aliphatic heterocycles. The number of rotatable bonds is 5. The van der Waals surface area contributed by atoms with Crippen LogP contribution in [0, 0.1) is 6.92 Å². The number of sulfonamides is 1. The van der Waals surface area contributed by atoms with E-state index < -0.39 is 16.0 Å². The summed E-state index contributed by atoms with van der Waals surface area (Å²) in [5.41, 5.74) is -0.160. The van der Waals surface area contributed by atoms with Crippen LogP contribution in [0.25, 0.3) is 0 Å². The molecule has 0 fully saturated rings. The fourth-order valence-electron chi connectivity index (χ4n) is 1.19. The number of nitrogens with two attached hydrogens (primary N) is 1. The standard InChI is InChI=1S/C8H13N3O5S/c1-5-7(17(9,13)14)6(11-10-5)8(12)16-4-3-15-2/h3-4H2,1-2H3,(H,10,11)(H2,9,13,14). The van der Waals surface area contributed by atoms with Gasteiger partial charge in [0, 0.05) is 7.11 Å². The summed E-state index contributed by atoms with van der Waals surface area (Å²) in [7, 11) is -2.58. The first-order chi connectivity index (χ1) is 7.88. The van der Waals surface area contributed by atoms with Crippen LogP contribution in [0.15, 0.2) is 4.90 Å². The highest BCUT2D eigenvalue weighted by Gasteiger charge is 2.26. The van der Waals surface area contributed by atoms with Gasteiger partial charge in [-0.1, -0.05) is 0 Å². The number of methoxy groups -OCH3 is 1. The van der Waals surface area contributed by atoms with Crippen molar-refractivity contribution in [3.8, 4) is 0 Å². The predicted molar refractivity (Wildman–Crippen MR) is 56.9 cm³/mol. The van der Waals surface area contributed by atoms with E-state index in [9.17, 15) is 13.2 Å². The highest BCUT2D eigenvalue weighted by Crippen LogP contribution is 2.16. The maximum atomic E-state index is 11.5. The van der Waals surface area contributed by atoms with Crippen molar-refractivity contribution in [3.05, 3.63) is 11.4 Å². The van der Waals surface area contributed by atoms with Gasteiger partial charge in [0.25, 0.3) is 0 Å². The Morgan fingerprint density at radius 3 is 2.65 bits per heavy atom. The van der Waals surface area contributed by atoms with Crippen molar-refractivity contribution in [1.82, 2.24) is 10.2 Å². The van der Waals surface area contributed by atoms with Gasteiger partial charge in [0.1, 0.15) is 11.5 Å². The average Bonchev–Trinajstić information content (AvgIpc) is 2.60. The van der Waals surface area contributed by atoms with Crippen molar-refractivity contribution in [2.45, 2.75) is 11.8 Å². The molecule has 1 aromatic heterocycles. The molecule has 0 bridgehead atoms. The van der Waals surface area contributed by atoms with E-state index in [2.05, 4.69) is 14.9 Å². The lowest BCUT2D eigenvalue weighted by molar-refractivity contribution is 0.0377. The highest BCUT2D eigenvalue weighted by molar-refractivity contribution is 7.89. The molecule has 0 atom stereocenters. The van der Waals surface area contributed by atoms with Crippen molar-refractivity contribution >= 4 is 16.0 Å². The minimum atomic E-state index is -4.02. The molecule has 1 rings (SSSR count). The largest absolute Gasteiger partial charge is 0.458 e. The third-order valence-electron chi connectivity index (χ3n) is 1.89. The number of aromatic nitrogens is 2. The highest BCUT2D eigenvalue weighted by atomic mass is 32.2. The first-order valence-corrected chi connectivity index (χ1v) is 6.16. The predicted octanol–water partition coefficient (Wildman–Crippen LogP) is -0.831. The van der Waals surface area contributed by atoms with Gasteiger partial charge >= 0.3 is 5.97 Å². The lowest BCUT2D eigenvalue weighted by Gasteiger charge is -2.03. The Morgan fingerprint density at radius 1 is 1.47 bits per heavy atom. The van der Waals surface area contributed by atoms with Crippen LogP contribution in [-0.2, 0) is 19.5 Å². The molecule has 0 spiro atoms. The number of aromatic amines is 1. The van der Waals surface area contributed by atoms with Crippen LogP contribution in [0.1, 0.15) is 16.2 Å². The second kappa shape index (κ2) is 5.25. The van der Waals surface area contributed by atoms with Crippen LogP contribution in [0.4, 0.5) is 0 Å². The summed E-state index contributed by atoms with van der Waals surface area (Å²) in [5.74, 6) is -0.865. The van der Waals surface area contributed by atoms with E-state index in [1.54, 1.807) is 0 Å². The van der Waals surface area contributed by atoms with Gasteiger partial charge in [-0.3, -0.25) is 5.10 Å². The summed E-state index contributed by atoms with van der Waals surface area (Å²) < 4.78 is 31.9. The second-order valence-electron chi connectivity index (χ2n) is 3.20. The molecule has 0 aliphatic carbocycles. The minimum absolute atomic E-state index is 0.00526. The number of ether oxygens (including phenoxy) is 2. The van der Waals surface area contributed by atoms with Gasteiger partial charge in [0.15, 0.2) is 5.69 Å². The number of aryl methyl sites for hydroxylation is 1. The number of primary sulfonamides is 1. The molecule has 0 aromatic carbocycles. The lowest BCUT2D eigenvalue weighted by atomic mass is 10.4. The van der Waals surface area contributed by atoms with Gasteiger partial charge in [-0.15, -0.1) is 0 Å². The van der Waals surface area contributed by atoms with E-state index in [0.29, 0.717) is 0 Å². The third-order valence-corrected chi connectivity index (χ3v) is 2.96. The molecule has 3 N–H and O–H groups in total. The van der Waals surface area contributed by atoms with Gasteiger partial charge in [0.05, 0.1) is 12.3 Å². The molecule has 96 valence electrons. The number of hydrogen-bond donors (Lipinski definition) is 2. The number of carbonyl (C=O) groups excluding carboxylic acids is 1. The molecule has 0 saturated carbocycles. The molecular formula is C8H13N3O5S. The Hall–Kier alpha value is -1.45. The molecule has 9 heteroatoms. The topological polar surface area (TPSA) is 124 Å². The minimum Gasteiger partial charge on any atom is -0.458 e. The molecule has 1 aromatic rings. The van der Waals surface area contributed by atoms with Crippen molar-refractivity contribution in [3.63, 3.8) is 0 Å². The van der Waals surface area contributed by atoms with E-state index in [1.165, 1.54) is 14.0 Å². The zero-order valence-electron chi connectivity index (χ0n) is 9.39. The van der Waals surface area contributed by atoms with E-state index >= 15 is 0 Å². The van der Waals surface area contributed by atoms with Crippen molar-refractivity contribution in [2.75, 3.05) is 20.3 Å². The van der Waals surface area contributed by atoms with Crippen molar-refractivity contribution < 1.29 is 22.7 Å². The van der Waals surface area contributed by atoms with Crippen LogP contribution < -0.4 is 5.14 Å². The lowest BCUT2D eigenvalue weighted by Crippen LogP contribution is -2.18. The molecule has 0 amide bonds. The number of esters is 1. The van der Waals surface area contributed by atoms with E-state index in [1.807, 2.05) is 0 Å². The first-order valence-electron chi connectivity index (χ1n) is 4.61. The molecule has 0 radical (unpaired) electrons.